The third-order valence-corrected chi connectivity index (χ3v) is 4.91. The molecular formula is C21H25N4O2S+. The van der Waals surface area contributed by atoms with Gasteiger partial charge in [-0.1, -0.05) is 30.3 Å². The lowest BCUT2D eigenvalue weighted by Gasteiger charge is -2.23. The van der Waals surface area contributed by atoms with E-state index in [0.717, 1.165) is 21.2 Å². The van der Waals surface area contributed by atoms with E-state index < -0.39 is 0 Å². The van der Waals surface area contributed by atoms with E-state index in [1.165, 1.54) is 0 Å². The van der Waals surface area contributed by atoms with Crippen molar-refractivity contribution in [1.82, 2.24) is 0 Å². The lowest BCUT2D eigenvalue weighted by molar-refractivity contribution is -0.862. The minimum Gasteiger partial charge on any atom is -0.322 e. The number of hydrogen-bond acceptors (Lipinski definition) is 4. The molecule has 0 saturated heterocycles. The van der Waals surface area contributed by atoms with Crippen LogP contribution in [0.15, 0.2) is 59.5 Å². The highest BCUT2D eigenvalue weighted by molar-refractivity contribution is 7.98. The van der Waals surface area contributed by atoms with Crippen LogP contribution in [0.3, 0.4) is 0 Å². The predicted octanol–water partition coefficient (Wildman–Crippen LogP) is 1.81. The van der Waals surface area contributed by atoms with Gasteiger partial charge in [0.2, 0.25) is 0 Å². The zero-order valence-electron chi connectivity index (χ0n) is 16.1. The number of thioether (sulfide) groups is 1. The summed E-state index contributed by atoms with van der Waals surface area (Å²) >= 11 is 1.57. The van der Waals surface area contributed by atoms with Crippen LogP contribution >= 0.6 is 11.8 Å². The standard InChI is InChI=1S/C21H24N4O2S/c1-24(15-20(26)23-18-11-6-7-12-19(18)28-2)16-21(27)25(14-8-13-22)17-9-4-3-5-10-17/h3-7,9-12H,8,14-16H2,1-2H3,(H,23,26)/p+1. The Balaban J connectivity index is 1.96. The quantitative estimate of drug-likeness (QED) is 0.633. The van der Waals surface area contributed by atoms with Gasteiger partial charge in [0, 0.05) is 17.1 Å². The van der Waals surface area contributed by atoms with Gasteiger partial charge < -0.3 is 15.1 Å². The summed E-state index contributed by atoms with van der Waals surface area (Å²) < 4.78 is 0. The van der Waals surface area contributed by atoms with Crippen LogP contribution in [0.25, 0.3) is 0 Å². The molecule has 28 heavy (non-hydrogen) atoms. The number of nitriles is 1. The van der Waals surface area contributed by atoms with Crippen LogP contribution in [0.1, 0.15) is 6.42 Å². The van der Waals surface area contributed by atoms with Crippen molar-refractivity contribution in [2.45, 2.75) is 11.3 Å². The number of nitrogens with one attached hydrogen (secondary N) is 2. The van der Waals surface area contributed by atoms with Crippen molar-refractivity contribution in [2.24, 2.45) is 0 Å². The molecule has 146 valence electrons. The number of amides is 2. The van der Waals surface area contributed by atoms with Crippen molar-refractivity contribution in [3.05, 3.63) is 54.6 Å². The van der Waals surface area contributed by atoms with Crippen molar-refractivity contribution in [3.8, 4) is 6.07 Å². The van der Waals surface area contributed by atoms with E-state index in [1.807, 2.05) is 67.9 Å². The van der Waals surface area contributed by atoms with E-state index in [2.05, 4.69) is 11.4 Å². The third kappa shape index (κ3) is 6.41. The van der Waals surface area contributed by atoms with Gasteiger partial charge in [0.05, 0.1) is 25.2 Å². The molecule has 0 bridgehead atoms. The highest BCUT2D eigenvalue weighted by Crippen LogP contribution is 2.24. The first-order valence-corrected chi connectivity index (χ1v) is 10.2. The number of para-hydroxylation sites is 2. The molecule has 0 heterocycles. The van der Waals surface area contributed by atoms with Crippen LogP contribution in [-0.4, -0.2) is 44.8 Å². The van der Waals surface area contributed by atoms with Crippen LogP contribution in [-0.2, 0) is 9.59 Å². The Bertz CT molecular complexity index is 836. The van der Waals surface area contributed by atoms with Crippen LogP contribution in [0.4, 0.5) is 11.4 Å². The molecule has 1 unspecified atom stereocenters. The van der Waals surface area contributed by atoms with Gasteiger partial charge in [-0.3, -0.25) is 9.59 Å². The van der Waals surface area contributed by atoms with Crippen molar-refractivity contribution in [1.29, 1.82) is 5.26 Å². The fraction of sp³-hybridized carbons (Fsp3) is 0.286. The summed E-state index contributed by atoms with van der Waals surface area (Å²) in [5.41, 5.74) is 1.54. The Labute approximate surface area is 170 Å². The number of nitrogens with zero attached hydrogens (tertiary/aromatic N) is 2. The Morgan fingerprint density at radius 2 is 1.79 bits per heavy atom. The second-order valence-corrected chi connectivity index (χ2v) is 7.20. The zero-order valence-corrected chi connectivity index (χ0v) is 17.0. The smallest absolute Gasteiger partial charge is 0.282 e. The molecule has 0 fully saturated rings. The fourth-order valence-corrected chi connectivity index (χ4v) is 3.35. The van der Waals surface area contributed by atoms with Gasteiger partial charge in [0.1, 0.15) is 0 Å². The first kappa shape index (κ1) is 21.5. The second kappa shape index (κ2) is 11.1. The van der Waals surface area contributed by atoms with Gasteiger partial charge >= 0.3 is 0 Å². The maximum Gasteiger partial charge on any atom is 0.282 e. The minimum absolute atomic E-state index is 0.115. The maximum absolute atomic E-state index is 12.8. The van der Waals surface area contributed by atoms with Gasteiger partial charge in [-0.05, 0) is 30.5 Å². The maximum atomic E-state index is 12.8. The molecule has 0 aromatic heterocycles. The highest BCUT2D eigenvalue weighted by Gasteiger charge is 2.21. The first-order valence-electron chi connectivity index (χ1n) is 9.01. The molecule has 0 aliphatic heterocycles. The van der Waals surface area contributed by atoms with Crippen LogP contribution in [0.2, 0.25) is 0 Å². The molecule has 2 rings (SSSR count). The SMILES string of the molecule is CSc1ccccc1NC(=O)C[NH+](C)CC(=O)N(CCC#N)c1ccccc1. The van der Waals surface area contributed by atoms with Crippen molar-refractivity contribution >= 4 is 35.0 Å². The Morgan fingerprint density at radius 1 is 1.11 bits per heavy atom. The normalized spacial score (nSPS) is 11.3. The molecular weight excluding hydrogens is 372 g/mol. The zero-order chi connectivity index (χ0) is 20.4. The van der Waals surface area contributed by atoms with Gasteiger partial charge in [0.15, 0.2) is 13.1 Å². The number of quaternary nitrogens is 1. The van der Waals surface area contributed by atoms with E-state index in [1.54, 1.807) is 16.7 Å². The van der Waals surface area contributed by atoms with E-state index in [4.69, 9.17) is 5.26 Å². The Hall–Kier alpha value is -2.82. The average Bonchev–Trinajstić information content (AvgIpc) is 2.69. The molecule has 2 amide bonds. The van der Waals surface area contributed by atoms with Crippen molar-refractivity contribution < 1.29 is 14.5 Å². The summed E-state index contributed by atoms with van der Waals surface area (Å²) in [6, 6.07) is 19.0. The molecule has 0 radical (unpaired) electrons. The van der Waals surface area contributed by atoms with Gasteiger partial charge in [0.25, 0.3) is 11.8 Å². The van der Waals surface area contributed by atoms with E-state index >= 15 is 0 Å². The van der Waals surface area contributed by atoms with E-state index in [9.17, 15) is 9.59 Å². The molecule has 0 saturated carbocycles. The molecule has 2 N–H and O–H groups in total. The largest absolute Gasteiger partial charge is 0.322 e. The lowest BCUT2D eigenvalue weighted by atomic mass is 10.2. The van der Waals surface area contributed by atoms with Gasteiger partial charge in [-0.25, -0.2) is 0 Å². The van der Waals surface area contributed by atoms with E-state index in [-0.39, 0.29) is 31.3 Å². The molecule has 0 spiro atoms. The summed E-state index contributed by atoms with van der Waals surface area (Å²) in [4.78, 5) is 28.5. The van der Waals surface area contributed by atoms with Crippen LogP contribution < -0.4 is 15.1 Å². The highest BCUT2D eigenvalue weighted by atomic mass is 32.2. The number of hydrogen-bond donors (Lipinski definition) is 2. The number of benzene rings is 2. The van der Waals surface area contributed by atoms with Gasteiger partial charge in [-0.2, -0.15) is 5.26 Å². The third-order valence-electron chi connectivity index (χ3n) is 4.11. The molecule has 6 nitrogen and oxygen atoms in total. The van der Waals surface area contributed by atoms with Gasteiger partial charge in [-0.15, -0.1) is 11.8 Å². The van der Waals surface area contributed by atoms with Crippen molar-refractivity contribution in [3.63, 3.8) is 0 Å². The molecule has 1 atom stereocenters. The summed E-state index contributed by atoms with van der Waals surface area (Å²) in [7, 11) is 1.81. The Morgan fingerprint density at radius 3 is 2.46 bits per heavy atom. The van der Waals surface area contributed by atoms with Crippen LogP contribution in [0, 0.1) is 11.3 Å². The molecule has 2 aromatic carbocycles. The summed E-state index contributed by atoms with van der Waals surface area (Å²) in [5.74, 6) is -0.258. The summed E-state index contributed by atoms with van der Waals surface area (Å²) in [5, 5.41) is 11.8. The fourth-order valence-electron chi connectivity index (χ4n) is 2.80. The Kier molecular flexibility index (Phi) is 8.53. The van der Waals surface area contributed by atoms with Crippen molar-refractivity contribution in [2.75, 3.05) is 43.2 Å². The first-order chi connectivity index (χ1) is 13.5. The average molecular weight is 398 g/mol. The number of likely N-dealkylation sites (N-methyl/N-ethyl adjacent to an activating group) is 1. The number of carbonyl (C=O) groups excluding carboxylic acids is 2. The molecule has 0 aliphatic carbocycles. The number of anilines is 2. The summed E-state index contributed by atoms with van der Waals surface area (Å²) in [6.45, 7) is 0.674. The van der Waals surface area contributed by atoms with E-state index in [0.29, 0.717) is 6.54 Å². The molecule has 2 aromatic rings. The predicted molar refractivity (Wildman–Crippen MR) is 112 cm³/mol. The number of carbonyl (C=O) groups is 2. The number of rotatable bonds is 9. The minimum atomic E-state index is -0.143. The lowest BCUT2D eigenvalue weighted by Crippen LogP contribution is -3.11. The topological polar surface area (TPSA) is 77.6 Å². The molecule has 7 heteroatoms. The monoisotopic (exact) mass is 397 g/mol. The molecule has 0 aliphatic rings. The van der Waals surface area contributed by atoms with Crippen LogP contribution in [0.5, 0.6) is 0 Å². The summed E-state index contributed by atoms with van der Waals surface area (Å²) in [6.07, 6.45) is 2.21. The second-order valence-electron chi connectivity index (χ2n) is 6.35.